The van der Waals surface area contributed by atoms with Gasteiger partial charge in [-0.15, -0.1) is 0 Å². The number of methoxy groups -OCH3 is 2. The number of benzene rings is 2. The lowest BCUT2D eigenvalue weighted by Gasteiger charge is -2.19. The maximum atomic E-state index is 13.3. The van der Waals surface area contributed by atoms with E-state index in [9.17, 15) is 13.2 Å². The molecular weight excluding hydrogens is 423 g/mol. The molecule has 4 aromatic rings. The van der Waals surface area contributed by atoms with Gasteiger partial charge in [-0.05, 0) is 43.7 Å². The third kappa shape index (κ3) is 3.83. The number of nitrogens with one attached hydrogen (secondary N) is 1. The highest BCUT2D eigenvalue weighted by Gasteiger charge is 2.31. The van der Waals surface area contributed by atoms with Crippen LogP contribution in [-0.2, 0) is 6.18 Å². The summed E-state index contributed by atoms with van der Waals surface area (Å²) in [6.45, 7) is 3.59. The molecule has 0 saturated carbocycles. The van der Waals surface area contributed by atoms with E-state index in [-0.39, 0.29) is 5.69 Å². The van der Waals surface area contributed by atoms with Crippen LogP contribution in [0.5, 0.6) is 11.5 Å². The Morgan fingerprint density at radius 3 is 2.38 bits per heavy atom. The van der Waals surface area contributed by atoms with E-state index in [2.05, 4.69) is 15.4 Å². The minimum atomic E-state index is -4.49. The lowest BCUT2D eigenvalue weighted by atomic mass is 10.0. The van der Waals surface area contributed by atoms with Gasteiger partial charge >= 0.3 is 6.18 Å². The fraction of sp³-hybridized carbons (Fsp3) is 0.273. The van der Waals surface area contributed by atoms with Gasteiger partial charge in [0, 0.05) is 23.2 Å². The van der Waals surface area contributed by atoms with Crippen molar-refractivity contribution in [3.05, 3.63) is 53.2 Å². The summed E-state index contributed by atoms with van der Waals surface area (Å²) in [4.78, 5) is 4.65. The summed E-state index contributed by atoms with van der Waals surface area (Å²) >= 11 is 0. The molecule has 0 aliphatic carbocycles. The van der Waals surface area contributed by atoms with E-state index in [4.69, 9.17) is 15.2 Å². The van der Waals surface area contributed by atoms with E-state index < -0.39 is 17.8 Å². The number of anilines is 2. The molecule has 0 bridgehead atoms. The van der Waals surface area contributed by atoms with Crippen LogP contribution in [0, 0.1) is 6.92 Å². The number of fused-ring (bicyclic) bond motifs is 3. The van der Waals surface area contributed by atoms with Crippen molar-refractivity contribution in [3.63, 3.8) is 0 Å². The fourth-order valence-electron chi connectivity index (χ4n) is 3.64. The number of nitrogens with two attached hydrogens (primary N) is 1. The van der Waals surface area contributed by atoms with Crippen LogP contribution in [0.15, 0.2) is 36.4 Å². The maximum absolute atomic E-state index is 13.3. The Kier molecular flexibility index (Phi) is 5.23. The summed E-state index contributed by atoms with van der Waals surface area (Å²) in [6.07, 6.45) is -4.49. The van der Waals surface area contributed by atoms with E-state index in [1.165, 1.54) is 20.3 Å². The highest BCUT2D eigenvalue weighted by atomic mass is 19.4. The van der Waals surface area contributed by atoms with Gasteiger partial charge in [0.25, 0.3) is 0 Å². The largest absolute Gasteiger partial charge is 0.493 e. The van der Waals surface area contributed by atoms with E-state index in [0.29, 0.717) is 39.4 Å². The van der Waals surface area contributed by atoms with Crippen molar-refractivity contribution in [3.8, 4) is 11.5 Å². The smallest absolute Gasteiger partial charge is 0.416 e. The fourth-order valence-corrected chi connectivity index (χ4v) is 3.64. The minimum absolute atomic E-state index is 0.0366. The molecule has 3 N–H and O–H groups in total. The van der Waals surface area contributed by atoms with Crippen LogP contribution in [0.4, 0.5) is 24.7 Å². The molecule has 0 aliphatic rings. The lowest BCUT2D eigenvalue weighted by Crippen LogP contribution is -2.13. The quantitative estimate of drug-likeness (QED) is 0.421. The third-order valence-electron chi connectivity index (χ3n) is 5.18. The zero-order chi connectivity index (χ0) is 23.2. The Morgan fingerprint density at radius 1 is 1.03 bits per heavy atom. The molecule has 32 heavy (non-hydrogen) atoms. The van der Waals surface area contributed by atoms with Gasteiger partial charge in [0.05, 0.1) is 37.0 Å². The number of nitrogen functional groups attached to an aromatic ring is 1. The molecule has 0 fully saturated rings. The molecule has 7 nitrogen and oxygen atoms in total. The normalized spacial score (nSPS) is 12.8. The van der Waals surface area contributed by atoms with E-state index in [1.54, 1.807) is 23.6 Å². The number of aromatic nitrogens is 3. The van der Waals surface area contributed by atoms with Gasteiger partial charge < -0.3 is 20.5 Å². The number of alkyl halides is 3. The van der Waals surface area contributed by atoms with Gasteiger partial charge in [-0.1, -0.05) is 0 Å². The number of aryl methyl sites for hydroxylation is 1. The zero-order valence-corrected chi connectivity index (χ0v) is 17.9. The summed E-state index contributed by atoms with van der Waals surface area (Å²) in [5.74, 6) is 1.48. The van der Waals surface area contributed by atoms with Crippen LogP contribution in [-0.4, -0.2) is 28.8 Å². The average Bonchev–Trinajstić information content (AvgIpc) is 3.11. The Labute approximate surface area is 181 Å². The molecule has 1 atom stereocenters. The van der Waals surface area contributed by atoms with Crippen LogP contribution in [0.25, 0.3) is 16.6 Å². The van der Waals surface area contributed by atoms with Crippen molar-refractivity contribution in [1.82, 2.24) is 14.6 Å². The number of rotatable bonds is 5. The van der Waals surface area contributed by atoms with Gasteiger partial charge in [0.1, 0.15) is 5.82 Å². The summed E-state index contributed by atoms with van der Waals surface area (Å²) in [7, 11) is 3.06. The molecule has 168 valence electrons. The Hall–Kier alpha value is -3.69. The van der Waals surface area contributed by atoms with Gasteiger partial charge in [0.2, 0.25) is 0 Å². The number of hydrogen-bond donors (Lipinski definition) is 2. The van der Waals surface area contributed by atoms with Crippen molar-refractivity contribution in [2.45, 2.75) is 26.1 Å². The zero-order valence-electron chi connectivity index (χ0n) is 17.9. The van der Waals surface area contributed by atoms with Crippen LogP contribution in [0.3, 0.4) is 0 Å². The van der Waals surface area contributed by atoms with Crippen LogP contribution in [0.2, 0.25) is 0 Å². The molecule has 1 unspecified atom stereocenters. The predicted octanol–water partition coefficient (Wildman–Crippen LogP) is 4.98. The van der Waals surface area contributed by atoms with Crippen molar-refractivity contribution >= 4 is 28.1 Å². The van der Waals surface area contributed by atoms with Crippen molar-refractivity contribution in [1.29, 1.82) is 0 Å². The molecule has 0 aliphatic heterocycles. The van der Waals surface area contributed by atoms with Gasteiger partial charge in [-0.3, -0.25) is 0 Å². The lowest BCUT2D eigenvalue weighted by molar-refractivity contribution is -0.137. The summed E-state index contributed by atoms with van der Waals surface area (Å²) < 4.78 is 52.3. The molecule has 0 amide bonds. The first-order valence-electron chi connectivity index (χ1n) is 9.77. The standard InChI is InChI=1S/C22H22F3N5O2/c1-11-5-20-28-21(16-9-18(31-3)19(32-4)10-17(16)30(20)29-11)27-12(2)13-6-14(22(23,24)25)8-15(26)7-13/h5-10,12H,26H2,1-4H3,(H,27,28). The highest BCUT2D eigenvalue weighted by molar-refractivity contribution is 5.94. The second kappa shape index (κ2) is 7.77. The van der Waals surface area contributed by atoms with E-state index in [1.807, 2.05) is 13.0 Å². The molecule has 0 spiro atoms. The molecular formula is C22H22F3N5O2. The number of ether oxygens (including phenoxy) is 2. The minimum Gasteiger partial charge on any atom is -0.493 e. The number of nitrogens with zero attached hydrogens (tertiary/aromatic N) is 3. The Morgan fingerprint density at radius 2 is 1.72 bits per heavy atom. The summed E-state index contributed by atoms with van der Waals surface area (Å²) in [5.41, 5.74) is 7.42. The highest BCUT2D eigenvalue weighted by Crippen LogP contribution is 2.37. The second-order valence-electron chi connectivity index (χ2n) is 7.49. The van der Waals surface area contributed by atoms with E-state index >= 15 is 0 Å². The molecule has 10 heteroatoms. The van der Waals surface area contributed by atoms with E-state index in [0.717, 1.165) is 17.8 Å². The van der Waals surface area contributed by atoms with Crippen molar-refractivity contribution < 1.29 is 22.6 Å². The molecule has 0 radical (unpaired) electrons. The molecule has 2 heterocycles. The molecule has 4 rings (SSSR count). The van der Waals surface area contributed by atoms with Gasteiger partial charge in [-0.25, -0.2) is 9.50 Å². The topological polar surface area (TPSA) is 86.7 Å². The first-order chi connectivity index (χ1) is 15.1. The Bertz CT molecular complexity index is 1320. The predicted molar refractivity (Wildman–Crippen MR) is 116 cm³/mol. The van der Waals surface area contributed by atoms with Crippen LogP contribution >= 0.6 is 0 Å². The van der Waals surface area contributed by atoms with Gasteiger partial charge in [0.15, 0.2) is 17.1 Å². The molecule has 2 aromatic heterocycles. The summed E-state index contributed by atoms with van der Waals surface area (Å²) in [6, 6.07) is 8.35. The number of hydrogen-bond acceptors (Lipinski definition) is 6. The SMILES string of the molecule is COc1cc2c(NC(C)c3cc(N)cc(C(F)(F)F)c3)nc3cc(C)nn3c2cc1OC. The molecule has 0 saturated heterocycles. The average molecular weight is 445 g/mol. The monoisotopic (exact) mass is 445 g/mol. The first kappa shape index (κ1) is 21.5. The summed E-state index contributed by atoms with van der Waals surface area (Å²) in [5, 5.41) is 8.39. The van der Waals surface area contributed by atoms with Crippen molar-refractivity contribution in [2.24, 2.45) is 0 Å². The maximum Gasteiger partial charge on any atom is 0.416 e. The Balaban J connectivity index is 1.86. The third-order valence-corrected chi connectivity index (χ3v) is 5.18. The number of halogens is 3. The first-order valence-corrected chi connectivity index (χ1v) is 9.77. The van der Waals surface area contributed by atoms with Crippen LogP contribution in [0.1, 0.15) is 29.8 Å². The second-order valence-corrected chi connectivity index (χ2v) is 7.49. The van der Waals surface area contributed by atoms with Crippen LogP contribution < -0.4 is 20.5 Å². The molecule has 2 aromatic carbocycles. The van der Waals surface area contributed by atoms with Gasteiger partial charge in [-0.2, -0.15) is 18.3 Å². The van der Waals surface area contributed by atoms with Crippen molar-refractivity contribution in [2.75, 3.05) is 25.3 Å².